The highest BCUT2D eigenvalue weighted by molar-refractivity contribution is 6.15. The molecule has 10 rings (SSSR count). The minimum Gasteiger partial charge on any atom is -0.308 e. The van der Waals surface area contributed by atoms with Crippen molar-refractivity contribution in [2.24, 2.45) is 0 Å². The van der Waals surface area contributed by atoms with Crippen LogP contribution in [0.1, 0.15) is 5.56 Å². The second kappa shape index (κ2) is 14.3. The first-order chi connectivity index (χ1) is 28.3. The molecule has 0 aliphatic carbocycles. The van der Waals surface area contributed by atoms with E-state index in [2.05, 4.69) is 128 Å². The molecule has 0 bridgehead atoms. The van der Waals surface area contributed by atoms with Gasteiger partial charge in [0.05, 0.1) is 22.3 Å². The molecule has 0 atom stereocenters. The van der Waals surface area contributed by atoms with E-state index in [1.807, 2.05) is 73.3 Å². The summed E-state index contributed by atoms with van der Waals surface area (Å²) in [7, 11) is 0. The minimum absolute atomic E-state index is 0.509. The zero-order chi connectivity index (χ0) is 38.1. The third-order valence-corrected chi connectivity index (χ3v) is 10.6. The van der Waals surface area contributed by atoms with E-state index in [9.17, 15) is 5.26 Å². The Bertz CT molecular complexity index is 2990. The molecular weight excluding hydrogens is 697 g/mol. The lowest BCUT2D eigenvalue weighted by atomic mass is 9.80. The molecule has 0 aliphatic heterocycles. The Hall–Kier alpha value is -8.01. The van der Waals surface area contributed by atoms with Crippen molar-refractivity contribution in [1.82, 2.24) is 24.5 Å². The van der Waals surface area contributed by atoms with Crippen molar-refractivity contribution in [3.05, 3.63) is 201 Å². The molecule has 266 valence electrons. The van der Waals surface area contributed by atoms with Crippen LogP contribution in [-0.4, -0.2) is 24.5 Å². The van der Waals surface area contributed by atoms with Crippen LogP contribution in [0.15, 0.2) is 195 Å². The van der Waals surface area contributed by atoms with Gasteiger partial charge >= 0.3 is 0 Å². The first kappa shape index (κ1) is 33.6. The standard InChI is InChI=1S/C51H32N6/c52-29-44-47(38-15-7-23-53-30-38)49(40-17-9-25-55-32-40)50(41-18-10-26-56-33-41)51(48(44)39-16-8-24-54-31-39)57-45-21-19-36(34-11-3-1-4-12-34)27-42(45)43-28-37(20-22-46(43)57)35-13-5-2-6-14-35/h1-28,30-33H. The van der Waals surface area contributed by atoms with Crippen LogP contribution in [0.25, 0.3) is 94.3 Å². The van der Waals surface area contributed by atoms with Crippen LogP contribution < -0.4 is 0 Å². The molecule has 10 aromatic rings. The molecule has 0 spiro atoms. The van der Waals surface area contributed by atoms with Crippen LogP contribution in [0.5, 0.6) is 0 Å². The zero-order valence-electron chi connectivity index (χ0n) is 30.7. The topological polar surface area (TPSA) is 80.3 Å². The van der Waals surface area contributed by atoms with E-state index >= 15 is 0 Å². The van der Waals surface area contributed by atoms with Gasteiger partial charge < -0.3 is 4.57 Å². The number of aromatic nitrogens is 5. The summed E-state index contributed by atoms with van der Waals surface area (Å²) in [6.45, 7) is 0. The van der Waals surface area contributed by atoms with Gasteiger partial charge in [-0.15, -0.1) is 0 Å². The molecule has 57 heavy (non-hydrogen) atoms. The van der Waals surface area contributed by atoms with Gasteiger partial charge in [-0.05, 0) is 70.8 Å². The van der Waals surface area contributed by atoms with E-state index in [-0.39, 0.29) is 0 Å². The molecule has 0 unspecified atom stereocenters. The highest BCUT2D eigenvalue weighted by Gasteiger charge is 2.31. The fourth-order valence-electron chi connectivity index (χ4n) is 8.14. The average Bonchev–Trinajstić information content (AvgIpc) is 3.62. The highest BCUT2D eigenvalue weighted by Crippen LogP contribution is 2.52. The van der Waals surface area contributed by atoms with Crippen molar-refractivity contribution in [2.45, 2.75) is 0 Å². The Morgan fingerprint density at radius 2 is 0.772 bits per heavy atom. The Morgan fingerprint density at radius 3 is 1.19 bits per heavy atom. The Kier molecular flexibility index (Phi) is 8.44. The monoisotopic (exact) mass is 728 g/mol. The van der Waals surface area contributed by atoms with Gasteiger partial charge in [0, 0.05) is 105 Å². The van der Waals surface area contributed by atoms with Crippen LogP contribution in [-0.2, 0) is 0 Å². The van der Waals surface area contributed by atoms with Crippen LogP contribution >= 0.6 is 0 Å². The van der Waals surface area contributed by atoms with Gasteiger partial charge in [0.15, 0.2) is 0 Å². The summed E-state index contributed by atoms with van der Waals surface area (Å²) >= 11 is 0. The fraction of sp³-hybridized carbons (Fsp3) is 0. The first-order valence-corrected chi connectivity index (χ1v) is 18.7. The number of hydrogen-bond donors (Lipinski definition) is 0. The van der Waals surface area contributed by atoms with E-state index in [1.54, 1.807) is 24.8 Å². The summed E-state index contributed by atoms with van der Waals surface area (Å²) < 4.78 is 2.34. The number of fused-ring (bicyclic) bond motifs is 3. The molecular formula is C51H32N6. The van der Waals surface area contributed by atoms with Gasteiger partial charge in [-0.2, -0.15) is 5.26 Å². The van der Waals surface area contributed by atoms with E-state index in [0.717, 1.165) is 94.3 Å². The predicted octanol–water partition coefficient (Wildman–Crippen LogP) is 12.2. The molecule has 5 aromatic heterocycles. The molecule has 0 saturated heterocycles. The van der Waals surface area contributed by atoms with E-state index in [4.69, 9.17) is 0 Å². The van der Waals surface area contributed by atoms with Crippen molar-refractivity contribution >= 4 is 21.8 Å². The van der Waals surface area contributed by atoms with Crippen molar-refractivity contribution in [3.63, 3.8) is 0 Å². The summed E-state index contributed by atoms with van der Waals surface area (Å²) in [6, 6.07) is 53.0. The van der Waals surface area contributed by atoms with Gasteiger partial charge in [0.2, 0.25) is 0 Å². The molecule has 0 aliphatic rings. The molecule has 6 heteroatoms. The normalized spacial score (nSPS) is 11.1. The summed E-state index contributed by atoms with van der Waals surface area (Å²) in [5.41, 5.74) is 14.5. The van der Waals surface area contributed by atoms with Gasteiger partial charge in [0.1, 0.15) is 6.07 Å². The lowest BCUT2D eigenvalue weighted by Crippen LogP contribution is -2.07. The number of rotatable bonds is 7. The van der Waals surface area contributed by atoms with Gasteiger partial charge in [0.25, 0.3) is 0 Å². The Balaban J connectivity index is 1.45. The number of hydrogen-bond acceptors (Lipinski definition) is 5. The fourth-order valence-corrected chi connectivity index (χ4v) is 8.14. The molecule has 0 fully saturated rings. The van der Waals surface area contributed by atoms with Crippen LogP contribution in [0, 0.1) is 11.3 Å². The molecule has 5 heterocycles. The zero-order valence-corrected chi connectivity index (χ0v) is 30.7. The quantitative estimate of drug-likeness (QED) is 0.163. The summed E-state index contributed by atoms with van der Waals surface area (Å²) in [4.78, 5) is 18.4. The lowest BCUT2D eigenvalue weighted by molar-refractivity contribution is 1.17. The molecule has 0 amide bonds. The summed E-state index contributed by atoms with van der Waals surface area (Å²) in [5.74, 6) is 0. The van der Waals surface area contributed by atoms with Gasteiger partial charge in [-0.1, -0.05) is 97.1 Å². The first-order valence-electron chi connectivity index (χ1n) is 18.7. The predicted molar refractivity (Wildman–Crippen MR) is 229 cm³/mol. The molecule has 5 aromatic carbocycles. The Labute approximate surface area is 329 Å². The van der Waals surface area contributed by atoms with Crippen LogP contribution in [0.2, 0.25) is 0 Å². The third kappa shape index (κ3) is 5.83. The number of pyridine rings is 4. The SMILES string of the molecule is N#Cc1c(-c2cccnc2)c(-c2cccnc2)c(-c2cccnc2)c(-n2c3ccc(-c4ccccc4)cc3c3cc(-c4ccccc4)ccc32)c1-c1cccnc1. The van der Waals surface area contributed by atoms with Crippen molar-refractivity contribution in [1.29, 1.82) is 5.26 Å². The summed E-state index contributed by atoms with van der Waals surface area (Å²) in [5, 5.41) is 13.7. The second-order valence-corrected chi connectivity index (χ2v) is 13.8. The van der Waals surface area contributed by atoms with Crippen molar-refractivity contribution < 1.29 is 0 Å². The smallest absolute Gasteiger partial charge is 0.101 e. The largest absolute Gasteiger partial charge is 0.308 e. The van der Waals surface area contributed by atoms with Gasteiger partial charge in [-0.3, -0.25) is 19.9 Å². The summed E-state index contributed by atoms with van der Waals surface area (Å²) in [6.07, 6.45) is 14.5. The number of nitriles is 1. The van der Waals surface area contributed by atoms with E-state index in [1.165, 1.54) is 0 Å². The molecule has 0 N–H and O–H groups in total. The molecule has 0 saturated carbocycles. The maximum absolute atomic E-state index is 11.5. The van der Waals surface area contributed by atoms with Crippen molar-refractivity contribution in [2.75, 3.05) is 0 Å². The van der Waals surface area contributed by atoms with Gasteiger partial charge in [-0.25, -0.2) is 0 Å². The van der Waals surface area contributed by atoms with Crippen LogP contribution in [0.4, 0.5) is 0 Å². The van der Waals surface area contributed by atoms with Crippen LogP contribution in [0.3, 0.4) is 0 Å². The Morgan fingerprint density at radius 1 is 0.368 bits per heavy atom. The number of benzene rings is 5. The molecule has 0 radical (unpaired) electrons. The molecule has 6 nitrogen and oxygen atoms in total. The lowest BCUT2D eigenvalue weighted by Gasteiger charge is -2.26. The maximum atomic E-state index is 11.5. The maximum Gasteiger partial charge on any atom is 0.101 e. The second-order valence-electron chi connectivity index (χ2n) is 13.8. The van der Waals surface area contributed by atoms with E-state index < -0.39 is 0 Å². The highest BCUT2D eigenvalue weighted by atomic mass is 15.0. The van der Waals surface area contributed by atoms with E-state index in [0.29, 0.717) is 5.56 Å². The minimum atomic E-state index is 0.509. The van der Waals surface area contributed by atoms with Crippen molar-refractivity contribution in [3.8, 4) is 78.5 Å². The third-order valence-electron chi connectivity index (χ3n) is 10.6. The number of nitrogens with zero attached hydrogens (tertiary/aromatic N) is 6. The average molecular weight is 729 g/mol.